The summed E-state index contributed by atoms with van der Waals surface area (Å²) >= 11 is 6.08. The van der Waals surface area contributed by atoms with Gasteiger partial charge in [0.25, 0.3) is 0 Å². The zero-order valence-electron chi connectivity index (χ0n) is 13.4. The van der Waals surface area contributed by atoms with Crippen molar-refractivity contribution < 1.29 is 9.53 Å². The summed E-state index contributed by atoms with van der Waals surface area (Å²) < 4.78 is 6.66. The first-order valence-electron chi connectivity index (χ1n) is 7.66. The van der Waals surface area contributed by atoms with Crippen LogP contribution in [-0.2, 0) is 4.74 Å². The molecule has 0 aliphatic heterocycles. The van der Waals surface area contributed by atoms with Crippen molar-refractivity contribution in [2.24, 2.45) is 0 Å². The van der Waals surface area contributed by atoms with Gasteiger partial charge in [0.15, 0.2) is 5.69 Å². The van der Waals surface area contributed by atoms with Crippen molar-refractivity contribution in [3.8, 4) is 23.0 Å². The predicted molar refractivity (Wildman–Crippen MR) is 94.7 cm³/mol. The Bertz CT molecular complexity index is 973. The van der Waals surface area contributed by atoms with Gasteiger partial charge in [0.05, 0.1) is 29.6 Å². The van der Waals surface area contributed by atoms with E-state index in [9.17, 15) is 4.79 Å². The number of hydrogen-bond acceptors (Lipinski definition) is 4. The van der Waals surface area contributed by atoms with E-state index in [2.05, 4.69) is 11.2 Å². The van der Waals surface area contributed by atoms with Crippen LogP contribution in [0.4, 0.5) is 0 Å². The zero-order chi connectivity index (χ0) is 17.8. The standard InChI is InChI=1S/C19H14ClN3O2/c1-2-25-19(24)17-11-18(14-6-3-5-13(9-14)12-21)23(22-17)16-8-4-7-15(20)10-16/h3-11H,2H2,1H3. The number of nitrogens with zero attached hydrogens (tertiary/aromatic N) is 3. The van der Waals surface area contributed by atoms with Gasteiger partial charge in [-0.05, 0) is 43.3 Å². The second-order valence-corrected chi connectivity index (χ2v) is 5.66. The zero-order valence-corrected chi connectivity index (χ0v) is 14.2. The average molecular weight is 352 g/mol. The van der Waals surface area contributed by atoms with E-state index in [0.717, 1.165) is 5.56 Å². The van der Waals surface area contributed by atoms with Crippen molar-refractivity contribution in [3.05, 3.63) is 70.9 Å². The van der Waals surface area contributed by atoms with Crippen LogP contribution in [0.25, 0.3) is 16.9 Å². The molecule has 0 aliphatic carbocycles. The average Bonchev–Trinajstić information content (AvgIpc) is 3.07. The van der Waals surface area contributed by atoms with E-state index in [1.165, 1.54) is 0 Å². The summed E-state index contributed by atoms with van der Waals surface area (Å²) in [6, 6.07) is 18.0. The first kappa shape index (κ1) is 16.7. The molecule has 25 heavy (non-hydrogen) atoms. The van der Waals surface area contributed by atoms with Crippen molar-refractivity contribution >= 4 is 17.6 Å². The molecule has 3 aromatic rings. The summed E-state index contributed by atoms with van der Waals surface area (Å²) in [5.41, 5.74) is 2.86. The third kappa shape index (κ3) is 3.54. The SMILES string of the molecule is CCOC(=O)c1cc(-c2cccc(C#N)c2)n(-c2cccc(Cl)c2)n1. The maximum Gasteiger partial charge on any atom is 0.358 e. The fraction of sp³-hybridized carbons (Fsp3) is 0.105. The number of carbonyl (C=O) groups excluding carboxylic acids is 1. The Balaban J connectivity index is 2.18. The monoisotopic (exact) mass is 351 g/mol. The number of carbonyl (C=O) groups is 1. The molecule has 0 atom stereocenters. The Morgan fingerprint density at radius 3 is 2.76 bits per heavy atom. The predicted octanol–water partition coefficient (Wildman–Crippen LogP) is 4.24. The number of nitriles is 1. The van der Waals surface area contributed by atoms with Crippen LogP contribution in [0.2, 0.25) is 5.02 Å². The molecule has 6 heteroatoms. The van der Waals surface area contributed by atoms with Gasteiger partial charge in [-0.15, -0.1) is 0 Å². The molecule has 0 unspecified atom stereocenters. The van der Waals surface area contributed by atoms with Crippen LogP contribution in [-0.4, -0.2) is 22.4 Å². The van der Waals surface area contributed by atoms with Crippen molar-refractivity contribution in [3.63, 3.8) is 0 Å². The minimum absolute atomic E-state index is 0.194. The minimum Gasteiger partial charge on any atom is -0.461 e. The van der Waals surface area contributed by atoms with E-state index in [0.29, 0.717) is 22.0 Å². The lowest BCUT2D eigenvalue weighted by Gasteiger charge is -2.08. The molecule has 0 saturated carbocycles. The fourth-order valence-corrected chi connectivity index (χ4v) is 2.63. The van der Waals surface area contributed by atoms with Crippen LogP contribution in [0.5, 0.6) is 0 Å². The highest BCUT2D eigenvalue weighted by Crippen LogP contribution is 2.26. The Hall–Kier alpha value is -3.10. The number of hydrogen-bond donors (Lipinski definition) is 0. The Morgan fingerprint density at radius 1 is 1.24 bits per heavy atom. The van der Waals surface area contributed by atoms with E-state index < -0.39 is 5.97 Å². The first-order valence-corrected chi connectivity index (χ1v) is 8.04. The van der Waals surface area contributed by atoms with E-state index in [1.807, 2.05) is 12.1 Å². The third-order valence-electron chi connectivity index (χ3n) is 3.53. The number of rotatable bonds is 4. The van der Waals surface area contributed by atoms with Gasteiger partial charge in [-0.1, -0.05) is 29.8 Å². The van der Waals surface area contributed by atoms with Crippen LogP contribution < -0.4 is 0 Å². The third-order valence-corrected chi connectivity index (χ3v) is 3.77. The molecule has 1 heterocycles. The molecule has 1 aromatic heterocycles. The minimum atomic E-state index is -0.499. The number of benzene rings is 2. The Labute approximate surface area is 150 Å². The van der Waals surface area contributed by atoms with Gasteiger partial charge in [0.2, 0.25) is 0 Å². The van der Waals surface area contributed by atoms with E-state index in [4.69, 9.17) is 21.6 Å². The van der Waals surface area contributed by atoms with Gasteiger partial charge >= 0.3 is 5.97 Å². The molecule has 0 saturated heterocycles. The highest BCUT2D eigenvalue weighted by molar-refractivity contribution is 6.30. The van der Waals surface area contributed by atoms with E-state index in [-0.39, 0.29) is 12.3 Å². The number of esters is 1. The van der Waals surface area contributed by atoms with Gasteiger partial charge in [-0.2, -0.15) is 10.4 Å². The van der Waals surface area contributed by atoms with Crippen molar-refractivity contribution in [1.29, 1.82) is 5.26 Å². The molecule has 0 spiro atoms. The van der Waals surface area contributed by atoms with Crippen LogP contribution >= 0.6 is 11.6 Å². The topological polar surface area (TPSA) is 67.9 Å². The van der Waals surface area contributed by atoms with Crippen LogP contribution in [0.1, 0.15) is 23.0 Å². The molecule has 0 N–H and O–H groups in total. The molecule has 0 radical (unpaired) electrons. The molecular weight excluding hydrogens is 338 g/mol. The second kappa shape index (κ2) is 7.20. The maximum absolute atomic E-state index is 12.1. The fourth-order valence-electron chi connectivity index (χ4n) is 2.44. The van der Waals surface area contributed by atoms with Crippen molar-refractivity contribution in [1.82, 2.24) is 9.78 Å². The van der Waals surface area contributed by atoms with Crippen LogP contribution in [0.3, 0.4) is 0 Å². The molecule has 2 aromatic carbocycles. The second-order valence-electron chi connectivity index (χ2n) is 5.22. The molecule has 0 fully saturated rings. The van der Waals surface area contributed by atoms with E-state index >= 15 is 0 Å². The van der Waals surface area contributed by atoms with Gasteiger partial charge in [0.1, 0.15) is 0 Å². The Morgan fingerprint density at radius 2 is 2.04 bits per heavy atom. The number of halogens is 1. The summed E-state index contributed by atoms with van der Waals surface area (Å²) in [5, 5.41) is 14.1. The van der Waals surface area contributed by atoms with Crippen molar-refractivity contribution in [2.45, 2.75) is 6.92 Å². The lowest BCUT2D eigenvalue weighted by atomic mass is 10.1. The molecule has 3 rings (SSSR count). The molecule has 5 nitrogen and oxygen atoms in total. The highest BCUT2D eigenvalue weighted by atomic mass is 35.5. The highest BCUT2D eigenvalue weighted by Gasteiger charge is 2.18. The summed E-state index contributed by atoms with van der Waals surface area (Å²) in [5.74, 6) is -0.499. The number of aromatic nitrogens is 2. The van der Waals surface area contributed by atoms with Gasteiger partial charge in [-0.25, -0.2) is 9.48 Å². The van der Waals surface area contributed by atoms with E-state index in [1.54, 1.807) is 54.1 Å². The summed E-state index contributed by atoms with van der Waals surface area (Å²) in [6.45, 7) is 2.01. The molecule has 0 aliphatic rings. The quantitative estimate of drug-likeness (QED) is 0.659. The molecular formula is C19H14ClN3O2. The molecule has 0 bridgehead atoms. The lowest BCUT2D eigenvalue weighted by molar-refractivity contribution is 0.0519. The van der Waals surface area contributed by atoms with Gasteiger partial charge in [-0.3, -0.25) is 0 Å². The summed E-state index contributed by atoms with van der Waals surface area (Å²) in [4.78, 5) is 12.1. The normalized spacial score (nSPS) is 10.3. The number of ether oxygens (including phenoxy) is 1. The maximum atomic E-state index is 12.1. The largest absolute Gasteiger partial charge is 0.461 e. The van der Waals surface area contributed by atoms with Gasteiger partial charge < -0.3 is 4.74 Å². The smallest absolute Gasteiger partial charge is 0.358 e. The van der Waals surface area contributed by atoms with Crippen LogP contribution in [0.15, 0.2) is 54.6 Å². The molecule has 124 valence electrons. The summed E-state index contributed by atoms with van der Waals surface area (Å²) in [6.07, 6.45) is 0. The first-order chi connectivity index (χ1) is 12.1. The lowest BCUT2D eigenvalue weighted by Crippen LogP contribution is -2.06. The summed E-state index contributed by atoms with van der Waals surface area (Å²) in [7, 11) is 0. The molecule has 0 amide bonds. The van der Waals surface area contributed by atoms with Gasteiger partial charge in [0, 0.05) is 10.6 Å². The van der Waals surface area contributed by atoms with Crippen LogP contribution in [0, 0.1) is 11.3 Å². The van der Waals surface area contributed by atoms with Crippen molar-refractivity contribution in [2.75, 3.05) is 6.61 Å². The Kier molecular flexibility index (Phi) is 4.82.